The molecule has 0 N–H and O–H groups in total. The van der Waals surface area contributed by atoms with Gasteiger partial charge in [-0.1, -0.05) is 137 Å². The molecule has 0 nitrogen and oxygen atoms in total. The number of benzene rings is 2. The van der Waals surface area contributed by atoms with E-state index < -0.39 is 31.0 Å². The maximum absolute atomic E-state index is 2.62. The van der Waals surface area contributed by atoms with Gasteiger partial charge in [0.25, 0.3) is 0 Å². The second-order valence-corrected chi connectivity index (χ2v) is 49.6. The lowest BCUT2D eigenvalue weighted by molar-refractivity contribution is 1.07. The van der Waals surface area contributed by atoms with Crippen LogP contribution in [-0.4, -0.2) is 31.0 Å². The second kappa shape index (κ2) is 11.1. The summed E-state index contributed by atoms with van der Waals surface area (Å²) in [5, 5.41) is 3.36. The van der Waals surface area contributed by atoms with Crippen LogP contribution in [0.3, 0.4) is 0 Å². The molecule has 0 radical (unpaired) electrons. The van der Waals surface area contributed by atoms with Crippen LogP contribution < -0.4 is 10.4 Å². The molecule has 0 aromatic heterocycles. The van der Waals surface area contributed by atoms with Crippen LogP contribution in [0.15, 0.2) is 54.6 Å². The van der Waals surface area contributed by atoms with Crippen LogP contribution in [0.5, 0.6) is 0 Å². The highest BCUT2D eigenvalue weighted by Gasteiger charge is 2.37. The highest BCUT2D eigenvalue weighted by molar-refractivity contribution is 8.09. The van der Waals surface area contributed by atoms with Crippen molar-refractivity contribution in [2.45, 2.75) is 84.2 Å². The molecular formula is C25H46P2Si4. The van der Waals surface area contributed by atoms with Gasteiger partial charge in [0.15, 0.2) is 0 Å². The molecule has 2 atom stereocenters. The number of hydrogen-bond acceptors (Lipinski definition) is 0. The highest BCUT2D eigenvalue weighted by Crippen LogP contribution is 2.45. The van der Waals surface area contributed by atoms with Crippen molar-refractivity contribution in [1.82, 2.24) is 0 Å². The van der Waals surface area contributed by atoms with Gasteiger partial charge in [-0.25, -0.2) is 0 Å². The zero-order valence-corrected chi connectivity index (χ0v) is 27.5. The number of rotatable bonds is 11. The van der Waals surface area contributed by atoms with Crippen LogP contribution in [0.4, 0.5) is 0 Å². The van der Waals surface area contributed by atoms with Gasteiger partial charge < -0.3 is 0 Å². The first kappa shape index (κ1) is 27.4. The molecule has 172 valence electrons. The summed E-state index contributed by atoms with van der Waals surface area (Å²) in [6.45, 7) is 23.1. The average Bonchev–Trinajstić information content (AvgIpc) is 2.70. The standard InChI is InChI=1S/C25H46P2Si4/c1-10-31(11-2,27-29(6,7)24-17-13-12-14-18-24)21-20-23-16-15-19-25(22-23)30(8,9)26-28(3,4)5/h12-19,22,26-27H,10-11,20-21H2,1-9H3. The summed E-state index contributed by atoms with van der Waals surface area (Å²) in [5.41, 5.74) is 1.61. The van der Waals surface area contributed by atoms with Gasteiger partial charge in [-0.3, -0.25) is 0 Å². The third-order valence-corrected chi connectivity index (χ3v) is 51.6. The van der Waals surface area contributed by atoms with E-state index in [-0.39, 0.29) is 0 Å². The van der Waals surface area contributed by atoms with Gasteiger partial charge in [0.1, 0.15) is 0 Å². The smallest absolute Gasteiger partial charge is 0.0998 e. The van der Waals surface area contributed by atoms with E-state index in [2.05, 4.69) is 114 Å². The molecule has 0 bridgehead atoms. The minimum absolute atomic E-state index is 1.01. The van der Waals surface area contributed by atoms with Gasteiger partial charge in [-0.05, 0) is 18.0 Å². The zero-order valence-electron chi connectivity index (χ0n) is 21.5. The first-order valence-electron chi connectivity index (χ1n) is 12.1. The van der Waals surface area contributed by atoms with Crippen LogP contribution in [0, 0.1) is 0 Å². The van der Waals surface area contributed by atoms with E-state index in [4.69, 9.17) is 0 Å². The normalized spacial score (nSPS) is 14.2. The van der Waals surface area contributed by atoms with E-state index in [0.29, 0.717) is 0 Å². The van der Waals surface area contributed by atoms with Gasteiger partial charge >= 0.3 is 0 Å². The molecule has 0 saturated heterocycles. The lowest BCUT2D eigenvalue weighted by atomic mass is 10.2. The molecule has 0 spiro atoms. The summed E-state index contributed by atoms with van der Waals surface area (Å²) < 4.78 is 0. The van der Waals surface area contributed by atoms with E-state index >= 15 is 0 Å². The monoisotopic (exact) mass is 520 g/mol. The Bertz CT molecular complexity index is 825. The van der Waals surface area contributed by atoms with E-state index in [1.165, 1.54) is 39.9 Å². The predicted octanol–water partition coefficient (Wildman–Crippen LogP) is 7.93. The lowest BCUT2D eigenvalue weighted by Crippen LogP contribution is -2.44. The van der Waals surface area contributed by atoms with Crippen molar-refractivity contribution < 1.29 is 0 Å². The fraction of sp³-hybridized carbons (Fsp3) is 0.520. The fourth-order valence-electron chi connectivity index (χ4n) is 4.94. The summed E-state index contributed by atoms with van der Waals surface area (Å²) in [7, 11) is -2.49. The Morgan fingerprint density at radius 1 is 0.645 bits per heavy atom. The first-order chi connectivity index (χ1) is 14.3. The molecule has 0 aliphatic carbocycles. The van der Waals surface area contributed by atoms with Crippen LogP contribution in [0.1, 0.15) is 19.4 Å². The van der Waals surface area contributed by atoms with Gasteiger partial charge in [0.05, 0.1) is 31.0 Å². The molecule has 6 heteroatoms. The van der Waals surface area contributed by atoms with Crippen LogP contribution in [0.2, 0.25) is 64.0 Å². The van der Waals surface area contributed by atoms with E-state index in [1.54, 1.807) is 15.9 Å². The van der Waals surface area contributed by atoms with Crippen LogP contribution in [0.25, 0.3) is 0 Å². The van der Waals surface area contributed by atoms with Crippen molar-refractivity contribution in [3.8, 4) is 0 Å². The Kier molecular flexibility index (Phi) is 9.78. The highest BCUT2D eigenvalue weighted by atomic mass is 31.6. The molecule has 0 saturated carbocycles. The topological polar surface area (TPSA) is 0 Å². The van der Waals surface area contributed by atoms with Crippen molar-refractivity contribution in [2.75, 3.05) is 0 Å². The summed E-state index contributed by atoms with van der Waals surface area (Å²) >= 11 is 0. The maximum Gasteiger partial charge on any atom is 0.0998 e. The number of hydrogen-bond donors (Lipinski definition) is 0. The van der Waals surface area contributed by atoms with Crippen molar-refractivity contribution >= 4 is 56.7 Å². The maximum atomic E-state index is 2.62. The molecule has 2 aromatic rings. The summed E-state index contributed by atoms with van der Waals surface area (Å²) in [6, 6.07) is 25.7. The lowest BCUT2D eigenvalue weighted by Gasteiger charge is -2.37. The Morgan fingerprint density at radius 2 is 1.19 bits per heavy atom. The average molecular weight is 521 g/mol. The Morgan fingerprint density at radius 3 is 1.74 bits per heavy atom. The zero-order chi connectivity index (χ0) is 23.3. The third kappa shape index (κ3) is 8.16. The largest absolute Gasteiger partial charge is 0.140 e. The first-order valence-corrected chi connectivity index (χ1v) is 30.2. The fourth-order valence-corrected chi connectivity index (χ4v) is 61.9. The van der Waals surface area contributed by atoms with Gasteiger partial charge in [-0.15, -0.1) is 15.4 Å². The molecule has 2 rings (SSSR count). The minimum atomic E-state index is -1.36. The molecular weight excluding hydrogens is 475 g/mol. The minimum Gasteiger partial charge on any atom is -0.140 e. The third-order valence-electron chi connectivity index (χ3n) is 6.66. The summed E-state index contributed by atoms with van der Waals surface area (Å²) in [5.74, 6) is 0. The van der Waals surface area contributed by atoms with E-state index in [1.807, 2.05) is 0 Å². The molecule has 31 heavy (non-hydrogen) atoms. The quantitative estimate of drug-likeness (QED) is 0.208. The molecule has 2 aromatic carbocycles. The van der Waals surface area contributed by atoms with Crippen LogP contribution in [-0.2, 0) is 6.42 Å². The summed E-state index contributed by atoms with van der Waals surface area (Å²) in [4.78, 5) is 0. The molecule has 0 amide bonds. The Labute approximate surface area is 200 Å². The van der Waals surface area contributed by atoms with Crippen LogP contribution >= 0.6 is 15.4 Å². The molecule has 0 fully saturated rings. The van der Waals surface area contributed by atoms with E-state index in [0.717, 1.165) is 0 Å². The number of aryl methyl sites for hydroxylation is 1. The van der Waals surface area contributed by atoms with Gasteiger partial charge in [0.2, 0.25) is 0 Å². The van der Waals surface area contributed by atoms with E-state index in [9.17, 15) is 0 Å². The van der Waals surface area contributed by atoms with Crippen molar-refractivity contribution in [3.63, 3.8) is 0 Å². The van der Waals surface area contributed by atoms with Gasteiger partial charge in [0, 0.05) is 0 Å². The SMILES string of the molecule is CC[Si](CC)(CCc1cccc([Si](C)(C)P[Si](C)(C)C)c1)P[Si](C)(C)c1ccccc1. The molecule has 0 aliphatic heterocycles. The Balaban J connectivity index is 2.18. The molecule has 2 unspecified atom stereocenters. The summed E-state index contributed by atoms with van der Waals surface area (Å²) in [6.07, 6.45) is 1.30. The van der Waals surface area contributed by atoms with Gasteiger partial charge in [-0.2, -0.15) is 0 Å². The van der Waals surface area contributed by atoms with Crippen molar-refractivity contribution in [3.05, 3.63) is 60.2 Å². The predicted molar refractivity (Wildman–Crippen MR) is 162 cm³/mol. The van der Waals surface area contributed by atoms with Crippen molar-refractivity contribution in [2.24, 2.45) is 0 Å². The van der Waals surface area contributed by atoms with Crippen molar-refractivity contribution in [1.29, 1.82) is 0 Å². The second-order valence-electron chi connectivity index (χ2n) is 11.3. The molecule has 0 aliphatic rings. The molecule has 0 heterocycles. The Hall–Kier alpha value is 0.168.